The molecule has 4 heteroatoms. The molecule has 0 bridgehead atoms. The Balaban J connectivity index is 1.44. The van der Waals surface area contributed by atoms with E-state index in [-0.39, 0.29) is 0 Å². The summed E-state index contributed by atoms with van der Waals surface area (Å²) in [4.78, 5) is 7.46. The minimum absolute atomic E-state index is 0.675. The lowest BCUT2D eigenvalue weighted by atomic mass is 9.96. The first kappa shape index (κ1) is 20.2. The molecule has 2 aliphatic rings. The van der Waals surface area contributed by atoms with Crippen molar-refractivity contribution in [3.05, 3.63) is 59.7 Å². The summed E-state index contributed by atoms with van der Waals surface area (Å²) in [7, 11) is 2.21. The maximum Gasteiger partial charge on any atom is 0.0841 e. The predicted octanol–water partition coefficient (Wildman–Crippen LogP) is 3.73. The molecule has 2 heterocycles. The number of para-hydroxylation sites is 1. The van der Waals surface area contributed by atoms with Gasteiger partial charge in [0.15, 0.2) is 0 Å². The number of hydrogen-bond acceptors (Lipinski definition) is 4. The molecular formula is C25H35N3O. The molecule has 0 amide bonds. The summed E-state index contributed by atoms with van der Waals surface area (Å²) >= 11 is 0. The fourth-order valence-electron chi connectivity index (χ4n) is 4.67. The second-order valence-electron chi connectivity index (χ2n) is 9.33. The summed E-state index contributed by atoms with van der Waals surface area (Å²) in [5.41, 5.74) is 4.35. The summed E-state index contributed by atoms with van der Waals surface area (Å²) in [6, 6.07) is 17.4. The quantitative estimate of drug-likeness (QED) is 0.838. The second kappa shape index (κ2) is 8.37. The smallest absolute Gasteiger partial charge is 0.0841 e. The van der Waals surface area contributed by atoms with Gasteiger partial charge in [0.2, 0.25) is 0 Å². The summed E-state index contributed by atoms with van der Waals surface area (Å²) in [6.45, 7) is 10.4. The highest BCUT2D eigenvalue weighted by Crippen LogP contribution is 2.31. The lowest BCUT2D eigenvalue weighted by Crippen LogP contribution is -2.44. The molecule has 0 radical (unpaired) electrons. The Hall–Kier alpha value is -2.04. The maximum atomic E-state index is 10.3. The topological polar surface area (TPSA) is 30.0 Å². The zero-order valence-corrected chi connectivity index (χ0v) is 18.1. The Kier molecular flexibility index (Phi) is 5.84. The molecule has 2 aliphatic heterocycles. The molecule has 1 N–H and O–H groups in total. The van der Waals surface area contributed by atoms with Gasteiger partial charge >= 0.3 is 0 Å². The molecule has 0 aromatic heterocycles. The second-order valence-corrected chi connectivity index (χ2v) is 9.33. The maximum absolute atomic E-state index is 10.3. The zero-order valence-electron chi connectivity index (χ0n) is 18.1. The number of piperazine rings is 1. The van der Waals surface area contributed by atoms with Crippen LogP contribution < -0.4 is 9.80 Å². The Bertz CT molecular complexity index is 821. The van der Waals surface area contributed by atoms with Gasteiger partial charge in [0.05, 0.1) is 5.60 Å². The molecule has 4 nitrogen and oxygen atoms in total. The summed E-state index contributed by atoms with van der Waals surface area (Å²) in [5, 5.41) is 10.3. The van der Waals surface area contributed by atoms with E-state index in [1.165, 1.54) is 23.4 Å². The van der Waals surface area contributed by atoms with Crippen LogP contribution in [0.3, 0.4) is 0 Å². The molecule has 0 spiro atoms. The van der Waals surface area contributed by atoms with Crippen LogP contribution in [-0.4, -0.2) is 56.3 Å². The molecule has 2 aromatic rings. The van der Waals surface area contributed by atoms with Gasteiger partial charge in [-0.3, -0.25) is 0 Å². The van der Waals surface area contributed by atoms with Gasteiger partial charge in [-0.2, -0.15) is 0 Å². The molecule has 156 valence electrons. The number of likely N-dealkylation sites (N-methyl/N-ethyl adjacent to an activating group) is 1. The number of anilines is 2. The monoisotopic (exact) mass is 393 g/mol. The van der Waals surface area contributed by atoms with Crippen LogP contribution in [0.25, 0.3) is 0 Å². The number of nitrogens with zero attached hydrogens (tertiary/aromatic N) is 3. The first-order chi connectivity index (χ1) is 13.9. The highest BCUT2D eigenvalue weighted by molar-refractivity contribution is 5.55. The molecule has 4 rings (SSSR count). The first-order valence-corrected chi connectivity index (χ1v) is 11.0. The predicted molar refractivity (Wildman–Crippen MR) is 122 cm³/mol. The van der Waals surface area contributed by atoms with Crippen LogP contribution in [0, 0.1) is 5.92 Å². The van der Waals surface area contributed by atoms with Gasteiger partial charge in [0.1, 0.15) is 0 Å². The van der Waals surface area contributed by atoms with Crippen LogP contribution in [-0.2, 0) is 12.0 Å². The van der Waals surface area contributed by atoms with Gasteiger partial charge in [0, 0.05) is 50.6 Å². The van der Waals surface area contributed by atoms with Crippen molar-refractivity contribution in [1.29, 1.82) is 0 Å². The lowest BCUT2D eigenvalue weighted by Gasteiger charge is -2.35. The largest absolute Gasteiger partial charge is 0.386 e. The van der Waals surface area contributed by atoms with Crippen molar-refractivity contribution in [2.45, 2.75) is 32.3 Å². The molecule has 2 fully saturated rings. The molecule has 0 saturated carbocycles. The molecule has 0 aliphatic carbocycles. The third kappa shape index (κ3) is 4.76. The molecule has 1 atom stereocenters. The third-order valence-corrected chi connectivity index (χ3v) is 6.55. The minimum Gasteiger partial charge on any atom is -0.386 e. The highest BCUT2D eigenvalue weighted by atomic mass is 16.3. The van der Waals surface area contributed by atoms with Crippen molar-refractivity contribution in [1.82, 2.24) is 4.90 Å². The number of rotatable bonds is 5. The van der Waals surface area contributed by atoms with E-state index in [4.69, 9.17) is 0 Å². The number of benzene rings is 2. The van der Waals surface area contributed by atoms with E-state index in [0.29, 0.717) is 5.92 Å². The van der Waals surface area contributed by atoms with Gasteiger partial charge in [-0.1, -0.05) is 30.3 Å². The van der Waals surface area contributed by atoms with Crippen molar-refractivity contribution in [3.8, 4) is 0 Å². The van der Waals surface area contributed by atoms with Gasteiger partial charge in [-0.05, 0) is 69.0 Å². The highest BCUT2D eigenvalue weighted by Gasteiger charge is 2.26. The molecule has 0 unspecified atom stereocenters. The molecule has 29 heavy (non-hydrogen) atoms. The first-order valence-electron chi connectivity index (χ1n) is 11.0. The Morgan fingerprint density at radius 2 is 1.69 bits per heavy atom. The van der Waals surface area contributed by atoms with E-state index in [1.807, 2.05) is 19.9 Å². The van der Waals surface area contributed by atoms with E-state index in [9.17, 15) is 5.11 Å². The number of aliphatic hydroxyl groups is 1. The standard InChI is InChI=1S/C25H35N3O/c1-25(2,29)22-8-6-9-23(18-22)28-12-11-20(19-28)17-21-7-4-5-10-24(21)27-15-13-26(3)14-16-27/h4-10,18,20,29H,11-17,19H2,1-3H3/t20-/m0/s1. The Labute approximate surface area is 175 Å². The third-order valence-electron chi connectivity index (χ3n) is 6.55. The number of hydrogen-bond donors (Lipinski definition) is 1. The van der Waals surface area contributed by atoms with Crippen molar-refractivity contribution >= 4 is 11.4 Å². The van der Waals surface area contributed by atoms with Crippen molar-refractivity contribution in [2.75, 3.05) is 56.1 Å². The van der Waals surface area contributed by atoms with Crippen LogP contribution in [0.2, 0.25) is 0 Å². The average Bonchev–Trinajstić information content (AvgIpc) is 3.17. The average molecular weight is 394 g/mol. The molecule has 2 aromatic carbocycles. The van der Waals surface area contributed by atoms with Gasteiger partial charge in [-0.25, -0.2) is 0 Å². The summed E-state index contributed by atoms with van der Waals surface area (Å²) in [5.74, 6) is 0.675. The van der Waals surface area contributed by atoms with Crippen LogP contribution in [0.15, 0.2) is 48.5 Å². The zero-order chi connectivity index (χ0) is 20.4. The Morgan fingerprint density at radius 3 is 2.45 bits per heavy atom. The fraction of sp³-hybridized carbons (Fsp3) is 0.520. The molecular weight excluding hydrogens is 358 g/mol. The normalized spacial score (nSPS) is 21.0. The van der Waals surface area contributed by atoms with Gasteiger partial charge in [-0.15, -0.1) is 0 Å². The van der Waals surface area contributed by atoms with Crippen LogP contribution >= 0.6 is 0 Å². The molecule has 2 saturated heterocycles. The van der Waals surface area contributed by atoms with Crippen LogP contribution in [0.5, 0.6) is 0 Å². The lowest BCUT2D eigenvalue weighted by molar-refractivity contribution is 0.0786. The summed E-state index contributed by atoms with van der Waals surface area (Å²) < 4.78 is 0. The Morgan fingerprint density at radius 1 is 0.931 bits per heavy atom. The SMILES string of the molecule is CN1CCN(c2ccccc2C[C@@H]2CCN(c3cccc(C(C)(C)O)c3)C2)CC1. The van der Waals surface area contributed by atoms with E-state index < -0.39 is 5.60 Å². The van der Waals surface area contributed by atoms with Gasteiger partial charge < -0.3 is 19.8 Å². The van der Waals surface area contributed by atoms with E-state index in [2.05, 4.69) is 64.2 Å². The fourth-order valence-corrected chi connectivity index (χ4v) is 4.67. The van der Waals surface area contributed by atoms with E-state index >= 15 is 0 Å². The van der Waals surface area contributed by atoms with Crippen LogP contribution in [0.4, 0.5) is 11.4 Å². The van der Waals surface area contributed by atoms with Gasteiger partial charge in [0.25, 0.3) is 0 Å². The van der Waals surface area contributed by atoms with E-state index in [1.54, 1.807) is 0 Å². The minimum atomic E-state index is -0.795. The van der Waals surface area contributed by atoms with Crippen LogP contribution in [0.1, 0.15) is 31.4 Å². The summed E-state index contributed by atoms with van der Waals surface area (Å²) in [6.07, 6.45) is 2.37. The van der Waals surface area contributed by atoms with Crippen molar-refractivity contribution < 1.29 is 5.11 Å². The van der Waals surface area contributed by atoms with Crippen molar-refractivity contribution in [2.24, 2.45) is 5.92 Å². The van der Waals surface area contributed by atoms with Crippen molar-refractivity contribution in [3.63, 3.8) is 0 Å². The van der Waals surface area contributed by atoms with E-state index in [0.717, 1.165) is 51.3 Å².